The van der Waals surface area contributed by atoms with Crippen LogP contribution in [0.1, 0.15) is 23.0 Å². The Balaban J connectivity index is 1.66. The van der Waals surface area contributed by atoms with Crippen LogP contribution in [0, 0.1) is 10.1 Å². The van der Waals surface area contributed by atoms with Gasteiger partial charge in [-0.15, -0.1) is 10.2 Å². The lowest BCUT2D eigenvalue weighted by Crippen LogP contribution is -2.13. The van der Waals surface area contributed by atoms with Crippen molar-refractivity contribution >= 4 is 39.9 Å². The first-order valence-electron chi connectivity index (χ1n) is 9.46. The molecule has 2 aromatic heterocycles. The predicted molar refractivity (Wildman–Crippen MR) is 117 cm³/mol. The number of benzene rings is 2. The van der Waals surface area contributed by atoms with Crippen molar-refractivity contribution in [1.29, 1.82) is 0 Å². The Morgan fingerprint density at radius 3 is 2.74 bits per heavy atom. The summed E-state index contributed by atoms with van der Waals surface area (Å²) in [6, 6.07) is 13.7. The number of para-hydroxylation sites is 1. The number of pyridine rings is 1. The number of aryl methyl sites for hydroxylation is 2. The van der Waals surface area contributed by atoms with Gasteiger partial charge in [-0.1, -0.05) is 25.1 Å². The first kappa shape index (κ1) is 20.5. The molecule has 10 heteroatoms. The maximum Gasteiger partial charge on any atom is 0.284 e. The third kappa shape index (κ3) is 4.24. The van der Waals surface area contributed by atoms with Crippen LogP contribution in [0.25, 0.3) is 10.9 Å². The van der Waals surface area contributed by atoms with Crippen LogP contribution in [0.3, 0.4) is 0 Å². The highest BCUT2D eigenvalue weighted by molar-refractivity contribution is 7.99. The number of anilines is 1. The van der Waals surface area contributed by atoms with E-state index in [2.05, 4.69) is 20.5 Å². The zero-order valence-corrected chi connectivity index (χ0v) is 17.6. The Morgan fingerprint density at radius 1 is 1.23 bits per heavy atom. The summed E-state index contributed by atoms with van der Waals surface area (Å²) in [6.45, 7) is 1.99. The second-order valence-corrected chi connectivity index (χ2v) is 7.76. The molecule has 0 atom stereocenters. The molecule has 0 aliphatic rings. The Bertz CT molecular complexity index is 1300. The molecule has 2 aromatic carbocycles. The molecule has 1 amide bonds. The fourth-order valence-corrected chi connectivity index (χ4v) is 3.91. The minimum absolute atomic E-state index is 0.172. The predicted octanol–water partition coefficient (Wildman–Crippen LogP) is 4.24. The monoisotopic (exact) mass is 434 g/mol. The maximum atomic E-state index is 12.9. The van der Waals surface area contributed by atoms with Gasteiger partial charge in [-0.25, -0.2) is 0 Å². The van der Waals surface area contributed by atoms with Crippen LogP contribution in [0.2, 0.25) is 0 Å². The van der Waals surface area contributed by atoms with Crippen LogP contribution >= 0.6 is 11.8 Å². The van der Waals surface area contributed by atoms with E-state index in [4.69, 9.17) is 0 Å². The van der Waals surface area contributed by atoms with E-state index in [1.165, 1.54) is 12.4 Å². The van der Waals surface area contributed by atoms with Crippen LogP contribution in [-0.4, -0.2) is 30.6 Å². The Labute approximate surface area is 181 Å². The molecule has 0 bridgehead atoms. The molecule has 0 aliphatic carbocycles. The molecular formula is C21H18N6O3S. The lowest BCUT2D eigenvalue weighted by atomic mass is 10.1. The van der Waals surface area contributed by atoms with E-state index in [-0.39, 0.29) is 11.3 Å². The summed E-state index contributed by atoms with van der Waals surface area (Å²) in [7, 11) is 1.75. The number of nitro groups is 1. The van der Waals surface area contributed by atoms with Crippen molar-refractivity contribution in [3.63, 3.8) is 0 Å². The fraction of sp³-hybridized carbons (Fsp3) is 0.143. The summed E-state index contributed by atoms with van der Waals surface area (Å²) in [5.41, 5.74) is 2.25. The molecule has 4 rings (SSSR count). The molecule has 0 fully saturated rings. The standard InChI is InChI=1S/C21H18N6O3S/c1-3-14-11-17(15-6-4-5-7-16(15)23-14)24-20(28)13-8-9-19(18(10-13)27(29)30)31-21-25-22-12-26(21)2/h4-12H,3H2,1-2H3,(H,23,24,28). The van der Waals surface area contributed by atoms with Crippen molar-refractivity contribution in [1.82, 2.24) is 19.7 Å². The molecule has 2 heterocycles. The van der Waals surface area contributed by atoms with Crippen LogP contribution in [0.4, 0.5) is 11.4 Å². The van der Waals surface area contributed by atoms with Crippen molar-refractivity contribution in [2.45, 2.75) is 23.4 Å². The number of amides is 1. The number of rotatable bonds is 6. The number of fused-ring (bicyclic) bond motifs is 1. The highest BCUT2D eigenvalue weighted by Crippen LogP contribution is 2.34. The van der Waals surface area contributed by atoms with Gasteiger partial charge in [0.15, 0.2) is 5.16 Å². The van der Waals surface area contributed by atoms with Crippen molar-refractivity contribution in [3.8, 4) is 0 Å². The van der Waals surface area contributed by atoms with Crippen LogP contribution in [0.15, 0.2) is 64.9 Å². The highest BCUT2D eigenvalue weighted by Gasteiger charge is 2.20. The summed E-state index contributed by atoms with van der Waals surface area (Å²) in [5, 5.41) is 23.5. The summed E-state index contributed by atoms with van der Waals surface area (Å²) in [5.74, 6) is -0.434. The van der Waals surface area contributed by atoms with E-state index in [1.807, 2.05) is 37.3 Å². The van der Waals surface area contributed by atoms with Gasteiger partial charge in [-0.05, 0) is 42.4 Å². The molecule has 0 radical (unpaired) electrons. The summed E-state index contributed by atoms with van der Waals surface area (Å²) in [4.78, 5) is 29.0. The Morgan fingerprint density at radius 2 is 2.03 bits per heavy atom. The summed E-state index contributed by atoms with van der Waals surface area (Å²) in [6.07, 6.45) is 2.23. The molecule has 0 unspecified atom stereocenters. The average molecular weight is 434 g/mol. The van der Waals surface area contributed by atoms with Gasteiger partial charge >= 0.3 is 0 Å². The zero-order chi connectivity index (χ0) is 22.0. The van der Waals surface area contributed by atoms with Crippen molar-refractivity contribution in [2.24, 2.45) is 7.05 Å². The normalized spacial score (nSPS) is 10.9. The number of aromatic nitrogens is 4. The Hall–Kier alpha value is -3.79. The minimum atomic E-state index is -0.507. The molecule has 1 N–H and O–H groups in total. The van der Waals surface area contributed by atoms with Gasteiger partial charge in [0, 0.05) is 29.8 Å². The van der Waals surface area contributed by atoms with Gasteiger partial charge in [0.2, 0.25) is 0 Å². The second kappa shape index (κ2) is 8.52. The quantitative estimate of drug-likeness (QED) is 0.356. The van der Waals surface area contributed by atoms with Gasteiger partial charge in [-0.2, -0.15) is 0 Å². The number of nitrogens with one attached hydrogen (secondary N) is 1. The van der Waals surface area contributed by atoms with Crippen LogP contribution < -0.4 is 5.32 Å². The topological polar surface area (TPSA) is 116 Å². The van der Waals surface area contributed by atoms with Gasteiger partial charge in [-0.3, -0.25) is 19.9 Å². The fourth-order valence-electron chi connectivity index (χ4n) is 3.06. The van der Waals surface area contributed by atoms with Crippen molar-refractivity contribution < 1.29 is 9.72 Å². The lowest BCUT2D eigenvalue weighted by molar-refractivity contribution is -0.387. The van der Waals surface area contributed by atoms with Gasteiger partial charge < -0.3 is 9.88 Å². The molecule has 0 spiro atoms. The van der Waals surface area contributed by atoms with E-state index < -0.39 is 10.8 Å². The molecule has 0 saturated carbocycles. The van der Waals surface area contributed by atoms with E-state index >= 15 is 0 Å². The van der Waals surface area contributed by atoms with Crippen LogP contribution in [-0.2, 0) is 13.5 Å². The molecule has 156 valence electrons. The molecule has 0 aliphatic heterocycles. The molecule has 4 aromatic rings. The molecule has 9 nitrogen and oxygen atoms in total. The number of nitrogens with zero attached hydrogens (tertiary/aromatic N) is 5. The number of hydrogen-bond donors (Lipinski definition) is 1. The van der Waals surface area contributed by atoms with E-state index in [0.717, 1.165) is 28.4 Å². The Kier molecular flexibility index (Phi) is 5.63. The minimum Gasteiger partial charge on any atom is -0.321 e. The van der Waals surface area contributed by atoms with E-state index in [0.29, 0.717) is 22.2 Å². The van der Waals surface area contributed by atoms with Crippen molar-refractivity contribution in [2.75, 3.05) is 5.32 Å². The largest absolute Gasteiger partial charge is 0.321 e. The van der Waals surface area contributed by atoms with Gasteiger partial charge in [0.05, 0.1) is 21.0 Å². The highest BCUT2D eigenvalue weighted by atomic mass is 32.2. The molecular weight excluding hydrogens is 416 g/mol. The summed E-state index contributed by atoms with van der Waals surface area (Å²) < 4.78 is 1.66. The van der Waals surface area contributed by atoms with Gasteiger partial charge in [0.1, 0.15) is 6.33 Å². The van der Waals surface area contributed by atoms with E-state index in [1.54, 1.807) is 23.7 Å². The number of hydrogen-bond acceptors (Lipinski definition) is 7. The number of carbonyl (C=O) groups is 1. The first-order chi connectivity index (χ1) is 15.0. The number of carbonyl (C=O) groups excluding carboxylic acids is 1. The second-order valence-electron chi connectivity index (χ2n) is 6.75. The smallest absolute Gasteiger partial charge is 0.284 e. The molecule has 31 heavy (non-hydrogen) atoms. The third-order valence-corrected chi connectivity index (χ3v) is 5.79. The number of nitro benzene ring substituents is 1. The first-order valence-corrected chi connectivity index (χ1v) is 10.3. The lowest BCUT2D eigenvalue weighted by Gasteiger charge is -2.11. The van der Waals surface area contributed by atoms with Crippen molar-refractivity contribution in [3.05, 3.63) is 76.2 Å². The molecule has 0 saturated heterocycles. The maximum absolute atomic E-state index is 12.9. The van der Waals surface area contributed by atoms with Crippen LogP contribution in [0.5, 0.6) is 0 Å². The summed E-state index contributed by atoms with van der Waals surface area (Å²) >= 11 is 1.11. The van der Waals surface area contributed by atoms with Gasteiger partial charge in [0.25, 0.3) is 11.6 Å². The average Bonchev–Trinajstić information content (AvgIpc) is 3.17. The third-order valence-electron chi connectivity index (χ3n) is 4.67. The van der Waals surface area contributed by atoms with E-state index in [9.17, 15) is 14.9 Å². The SMILES string of the molecule is CCc1cc(NC(=O)c2ccc(Sc3nncn3C)c([N+](=O)[O-])c2)c2ccccc2n1. The zero-order valence-electron chi connectivity index (χ0n) is 16.8.